The number of esters is 1. The van der Waals surface area contributed by atoms with Crippen LogP contribution >= 0.6 is 15.9 Å². The van der Waals surface area contributed by atoms with Crippen LogP contribution in [0, 0.1) is 13.5 Å². The number of hydrogen-bond donors (Lipinski definition) is 0. The van der Waals surface area contributed by atoms with Gasteiger partial charge in [0.1, 0.15) is 0 Å². The van der Waals surface area contributed by atoms with E-state index in [-0.39, 0.29) is 5.70 Å². The minimum Gasteiger partial charge on any atom is -0.474 e. The summed E-state index contributed by atoms with van der Waals surface area (Å²) in [6.07, 6.45) is 0. The van der Waals surface area contributed by atoms with Crippen molar-refractivity contribution < 1.29 is 9.53 Å². The maximum Gasteiger partial charge on any atom is 0.337 e. The SMILES string of the molecule is [C-]#[N+]/C(C(=O)OC)=C(\Br)c1cccc(C)c1. The van der Waals surface area contributed by atoms with E-state index in [2.05, 4.69) is 25.5 Å². The maximum atomic E-state index is 11.3. The Morgan fingerprint density at radius 1 is 1.50 bits per heavy atom. The van der Waals surface area contributed by atoms with E-state index >= 15 is 0 Å². The monoisotopic (exact) mass is 279 g/mol. The number of methoxy groups -OCH3 is 1. The third-order valence-electron chi connectivity index (χ3n) is 1.97. The highest BCUT2D eigenvalue weighted by molar-refractivity contribution is 9.15. The van der Waals surface area contributed by atoms with Crippen molar-refractivity contribution in [2.45, 2.75) is 6.92 Å². The first kappa shape index (κ1) is 12.5. The van der Waals surface area contributed by atoms with Gasteiger partial charge in [0.2, 0.25) is 0 Å². The first-order chi connectivity index (χ1) is 7.60. The summed E-state index contributed by atoms with van der Waals surface area (Å²) in [5.74, 6) is -0.636. The molecule has 1 rings (SSSR count). The van der Waals surface area contributed by atoms with Gasteiger partial charge in [-0.2, -0.15) is 0 Å². The molecule has 0 saturated carbocycles. The summed E-state index contributed by atoms with van der Waals surface area (Å²) in [5.41, 5.74) is 1.80. The highest BCUT2D eigenvalue weighted by Gasteiger charge is 2.16. The minimum absolute atomic E-state index is 0.0481. The van der Waals surface area contributed by atoms with E-state index in [1.54, 1.807) is 0 Å². The fourth-order valence-electron chi connectivity index (χ4n) is 1.20. The van der Waals surface area contributed by atoms with Crippen LogP contribution in [0.15, 0.2) is 30.0 Å². The number of carbonyl (C=O) groups is 1. The highest BCUT2D eigenvalue weighted by Crippen LogP contribution is 2.27. The van der Waals surface area contributed by atoms with Crippen LogP contribution in [0.5, 0.6) is 0 Å². The molecular weight excluding hydrogens is 270 g/mol. The molecule has 16 heavy (non-hydrogen) atoms. The predicted molar refractivity (Wildman–Crippen MR) is 65.6 cm³/mol. The molecular formula is C12H10BrNO2. The van der Waals surface area contributed by atoms with Crippen LogP contribution in [0.1, 0.15) is 11.1 Å². The molecule has 0 amide bonds. The molecule has 3 nitrogen and oxygen atoms in total. The van der Waals surface area contributed by atoms with Crippen molar-refractivity contribution in [2.75, 3.05) is 7.11 Å². The Bertz CT molecular complexity index is 486. The van der Waals surface area contributed by atoms with Gasteiger partial charge < -0.3 is 4.74 Å². The van der Waals surface area contributed by atoms with Crippen LogP contribution in [0.25, 0.3) is 9.33 Å². The lowest BCUT2D eigenvalue weighted by Crippen LogP contribution is -2.02. The van der Waals surface area contributed by atoms with Gasteiger partial charge in [-0.15, -0.1) is 0 Å². The number of aryl methyl sites for hydroxylation is 1. The molecule has 0 atom stereocenters. The fraction of sp³-hybridized carbons (Fsp3) is 0.167. The van der Waals surface area contributed by atoms with Crippen LogP contribution in [-0.4, -0.2) is 13.1 Å². The van der Waals surface area contributed by atoms with E-state index in [1.807, 2.05) is 31.2 Å². The number of rotatable bonds is 2. The summed E-state index contributed by atoms with van der Waals surface area (Å²) in [4.78, 5) is 14.5. The number of hydrogen-bond acceptors (Lipinski definition) is 2. The molecule has 1 aromatic rings. The van der Waals surface area contributed by atoms with Crippen molar-refractivity contribution >= 4 is 26.4 Å². The summed E-state index contributed by atoms with van der Waals surface area (Å²) in [6.45, 7) is 8.91. The molecule has 1 aromatic carbocycles. The summed E-state index contributed by atoms with van der Waals surface area (Å²) < 4.78 is 4.99. The van der Waals surface area contributed by atoms with Crippen molar-refractivity contribution in [3.05, 3.63) is 52.5 Å². The second kappa shape index (κ2) is 5.47. The molecule has 0 saturated heterocycles. The molecule has 0 radical (unpaired) electrons. The molecule has 0 aliphatic heterocycles. The summed E-state index contributed by atoms with van der Waals surface area (Å²) in [6, 6.07) is 7.52. The van der Waals surface area contributed by atoms with E-state index in [4.69, 9.17) is 6.57 Å². The quantitative estimate of drug-likeness (QED) is 0.473. The lowest BCUT2D eigenvalue weighted by Gasteiger charge is -2.04. The number of nitrogens with zero attached hydrogens (tertiary/aromatic N) is 1. The first-order valence-corrected chi connectivity index (χ1v) is 5.32. The summed E-state index contributed by atoms with van der Waals surface area (Å²) >= 11 is 3.25. The molecule has 0 aliphatic rings. The topological polar surface area (TPSA) is 30.7 Å². The Balaban J connectivity index is 3.26. The van der Waals surface area contributed by atoms with Gasteiger partial charge in [0.05, 0.1) is 13.7 Å². The van der Waals surface area contributed by atoms with Gasteiger partial charge in [0.25, 0.3) is 5.70 Å². The molecule has 0 N–H and O–H groups in total. The Hall–Kier alpha value is -1.60. The average molecular weight is 280 g/mol. The number of ether oxygens (including phenoxy) is 1. The molecule has 0 aromatic heterocycles. The first-order valence-electron chi connectivity index (χ1n) is 4.52. The smallest absolute Gasteiger partial charge is 0.337 e. The van der Waals surface area contributed by atoms with Gasteiger partial charge >= 0.3 is 5.97 Å². The van der Waals surface area contributed by atoms with Gasteiger partial charge in [-0.3, -0.25) is 4.79 Å². The summed E-state index contributed by atoms with van der Waals surface area (Å²) in [5, 5.41) is 0. The average Bonchev–Trinajstić information content (AvgIpc) is 2.29. The van der Waals surface area contributed by atoms with Crippen LogP contribution in [0.2, 0.25) is 0 Å². The fourth-order valence-corrected chi connectivity index (χ4v) is 1.70. The molecule has 0 aliphatic carbocycles. The summed E-state index contributed by atoms with van der Waals surface area (Å²) in [7, 11) is 1.25. The molecule has 0 bridgehead atoms. The molecule has 82 valence electrons. The molecule has 0 heterocycles. The van der Waals surface area contributed by atoms with E-state index in [0.717, 1.165) is 11.1 Å². The van der Waals surface area contributed by atoms with Crippen LogP contribution in [-0.2, 0) is 9.53 Å². The zero-order valence-corrected chi connectivity index (χ0v) is 10.5. The number of halogens is 1. The lowest BCUT2D eigenvalue weighted by molar-refractivity contribution is -0.135. The third kappa shape index (κ3) is 2.71. The second-order valence-corrected chi connectivity index (χ2v) is 3.93. The zero-order valence-electron chi connectivity index (χ0n) is 8.95. The molecule has 0 fully saturated rings. The van der Waals surface area contributed by atoms with Crippen LogP contribution < -0.4 is 0 Å². The van der Waals surface area contributed by atoms with Gasteiger partial charge in [0, 0.05) is 4.48 Å². The van der Waals surface area contributed by atoms with E-state index in [9.17, 15) is 4.79 Å². The highest BCUT2D eigenvalue weighted by atomic mass is 79.9. The van der Waals surface area contributed by atoms with E-state index in [0.29, 0.717) is 4.48 Å². The Morgan fingerprint density at radius 3 is 2.69 bits per heavy atom. The zero-order chi connectivity index (χ0) is 12.1. The van der Waals surface area contributed by atoms with Crippen LogP contribution in [0.4, 0.5) is 0 Å². The lowest BCUT2D eigenvalue weighted by atomic mass is 10.1. The Kier molecular flexibility index (Phi) is 4.27. The minimum atomic E-state index is -0.636. The van der Waals surface area contributed by atoms with Crippen molar-refractivity contribution in [1.82, 2.24) is 0 Å². The Morgan fingerprint density at radius 2 is 2.19 bits per heavy atom. The molecule has 0 spiro atoms. The van der Waals surface area contributed by atoms with Crippen molar-refractivity contribution in [3.8, 4) is 0 Å². The van der Waals surface area contributed by atoms with Crippen molar-refractivity contribution in [1.29, 1.82) is 0 Å². The number of benzene rings is 1. The van der Waals surface area contributed by atoms with Gasteiger partial charge in [-0.25, -0.2) is 4.85 Å². The third-order valence-corrected chi connectivity index (χ3v) is 2.80. The van der Waals surface area contributed by atoms with Crippen molar-refractivity contribution in [3.63, 3.8) is 0 Å². The Labute approximate surface area is 103 Å². The predicted octanol–water partition coefficient (Wildman–Crippen LogP) is 3.15. The number of carbonyl (C=O) groups excluding carboxylic acids is 1. The van der Waals surface area contributed by atoms with E-state index in [1.165, 1.54) is 7.11 Å². The van der Waals surface area contributed by atoms with E-state index < -0.39 is 5.97 Å². The normalized spacial score (nSPS) is 11.4. The van der Waals surface area contributed by atoms with Gasteiger partial charge in [0.15, 0.2) is 0 Å². The van der Waals surface area contributed by atoms with Crippen molar-refractivity contribution in [2.24, 2.45) is 0 Å². The maximum absolute atomic E-state index is 11.3. The second-order valence-electron chi connectivity index (χ2n) is 3.14. The van der Waals surface area contributed by atoms with Gasteiger partial charge in [-0.1, -0.05) is 45.8 Å². The molecule has 0 unspecified atom stereocenters. The van der Waals surface area contributed by atoms with Crippen LogP contribution in [0.3, 0.4) is 0 Å². The van der Waals surface area contributed by atoms with Gasteiger partial charge in [-0.05, 0) is 12.5 Å². The largest absolute Gasteiger partial charge is 0.474 e. The standard InChI is InChI=1S/C12H10BrNO2/c1-8-5-4-6-9(7-8)10(13)11(14-2)12(15)16-3/h4-7H,1,3H3/b11-10-. The molecule has 4 heteroatoms.